The number of benzene rings is 4. The van der Waals surface area contributed by atoms with E-state index in [9.17, 15) is 9.90 Å². The Morgan fingerprint density at radius 1 is 0.824 bits per heavy atom. The topological polar surface area (TPSA) is 89.0 Å². The van der Waals surface area contributed by atoms with Crippen LogP contribution in [0.1, 0.15) is 79.6 Å². The van der Waals surface area contributed by atoms with Crippen LogP contribution in [0.25, 0.3) is 11.1 Å². The third-order valence-corrected chi connectivity index (χ3v) is 12.7. The lowest BCUT2D eigenvalue weighted by molar-refractivity contribution is -0.245. The van der Waals surface area contributed by atoms with E-state index in [-0.39, 0.29) is 30.4 Å². The molecule has 1 saturated heterocycles. The maximum Gasteiger partial charge on any atom is 0.315 e. The minimum Gasteiger partial charge on any atom is -0.496 e. The molecule has 4 aromatic rings. The van der Waals surface area contributed by atoms with Crippen LogP contribution in [0.15, 0.2) is 102 Å². The predicted octanol–water partition coefficient (Wildman–Crippen LogP) is 8.96. The first-order valence-electron chi connectivity index (χ1n) is 18.5. The molecule has 4 bridgehead atoms. The highest BCUT2D eigenvalue weighted by atomic mass is 32.2. The second-order valence-corrected chi connectivity index (χ2v) is 16.2. The molecular weight excluding hydrogens is 657 g/mol. The van der Waals surface area contributed by atoms with E-state index in [4.69, 9.17) is 14.2 Å². The van der Waals surface area contributed by atoms with Crippen LogP contribution < -0.4 is 15.4 Å². The number of nitrogens with one attached hydrogen (secondary N) is 2. The first-order valence-corrected chi connectivity index (χ1v) is 19.4. The summed E-state index contributed by atoms with van der Waals surface area (Å²) >= 11 is 1.73. The smallest absolute Gasteiger partial charge is 0.315 e. The van der Waals surface area contributed by atoms with E-state index >= 15 is 0 Å². The fourth-order valence-corrected chi connectivity index (χ4v) is 10.5. The van der Waals surface area contributed by atoms with Crippen LogP contribution >= 0.6 is 11.8 Å². The Labute approximate surface area is 305 Å². The molecule has 3 N–H and O–H groups in total. The molecule has 0 spiro atoms. The lowest BCUT2D eigenvalue weighted by atomic mass is 9.53. The van der Waals surface area contributed by atoms with Crippen molar-refractivity contribution in [2.24, 2.45) is 17.8 Å². The van der Waals surface area contributed by atoms with Gasteiger partial charge >= 0.3 is 6.03 Å². The number of urea groups is 1. The monoisotopic (exact) mass is 704 g/mol. The van der Waals surface area contributed by atoms with Gasteiger partial charge in [0.2, 0.25) is 0 Å². The summed E-state index contributed by atoms with van der Waals surface area (Å²) in [5.41, 5.74) is 6.14. The van der Waals surface area contributed by atoms with Gasteiger partial charge in [-0.1, -0.05) is 84.9 Å². The van der Waals surface area contributed by atoms with Crippen LogP contribution in [-0.2, 0) is 22.6 Å². The van der Waals surface area contributed by atoms with Gasteiger partial charge in [-0.25, -0.2) is 4.79 Å². The fraction of sp³-hybridized carbons (Fsp3) is 0.419. The maximum absolute atomic E-state index is 13.2. The minimum absolute atomic E-state index is 0.00849. The van der Waals surface area contributed by atoms with E-state index in [1.54, 1.807) is 18.9 Å². The van der Waals surface area contributed by atoms with Crippen LogP contribution in [0.5, 0.6) is 5.75 Å². The molecule has 2 amide bonds. The molecule has 1 aliphatic heterocycles. The fourth-order valence-electron chi connectivity index (χ4n) is 9.44. The minimum atomic E-state index is -0.538. The molecule has 5 fully saturated rings. The van der Waals surface area contributed by atoms with Gasteiger partial charge in [-0.15, -0.1) is 11.8 Å². The van der Waals surface area contributed by atoms with Crippen molar-refractivity contribution in [2.45, 2.75) is 87.0 Å². The van der Waals surface area contributed by atoms with Crippen molar-refractivity contribution in [2.75, 3.05) is 12.9 Å². The van der Waals surface area contributed by atoms with Crippen molar-refractivity contribution < 1.29 is 24.1 Å². The van der Waals surface area contributed by atoms with Crippen LogP contribution in [0, 0.1) is 17.8 Å². The Morgan fingerprint density at radius 2 is 1.49 bits per heavy atom. The summed E-state index contributed by atoms with van der Waals surface area (Å²) in [6.45, 7) is 0.476. The number of thioether (sulfide) groups is 1. The number of amides is 2. The molecule has 1 heterocycles. The number of carbonyl (C=O) groups is 1. The highest BCUT2D eigenvalue weighted by molar-refractivity contribution is 7.99. The molecule has 3 atom stereocenters. The molecule has 0 radical (unpaired) electrons. The van der Waals surface area contributed by atoms with E-state index in [0.29, 0.717) is 13.0 Å². The number of rotatable bonds is 11. The highest BCUT2D eigenvalue weighted by Gasteiger charge is 2.51. The molecule has 9 rings (SSSR count). The molecule has 4 aromatic carbocycles. The van der Waals surface area contributed by atoms with Gasteiger partial charge in [-0.3, -0.25) is 0 Å². The number of ether oxygens (including phenoxy) is 3. The van der Waals surface area contributed by atoms with Crippen LogP contribution in [-0.4, -0.2) is 35.6 Å². The summed E-state index contributed by atoms with van der Waals surface area (Å²) in [7, 11) is 1.70. The molecule has 8 heteroatoms. The van der Waals surface area contributed by atoms with Crippen LogP contribution in [0.3, 0.4) is 0 Å². The van der Waals surface area contributed by atoms with Crippen molar-refractivity contribution in [1.82, 2.24) is 10.6 Å². The van der Waals surface area contributed by atoms with Crippen LogP contribution in [0.2, 0.25) is 0 Å². The van der Waals surface area contributed by atoms with Crippen LogP contribution in [0.4, 0.5) is 4.79 Å². The van der Waals surface area contributed by atoms with Gasteiger partial charge in [-0.2, -0.15) is 0 Å². The van der Waals surface area contributed by atoms with E-state index in [0.717, 1.165) is 86.8 Å². The second kappa shape index (κ2) is 15.0. The Hall–Kier alpha value is -3.82. The lowest BCUT2D eigenvalue weighted by Crippen LogP contribution is -2.61. The number of para-hydroxylation sites is 1. The zero-order valence-corrected chi connectivity index (χ0v) is 30.1. The van der Waals surface area contributed by atoms with Gasteiger partial charge < -0.3 is 30.0 Å². The van der Waals surface area contributed by atoms with Gasteiger partial charge in [0.1, 0.15) is 5.75 Å². The molecule has 0 unspecified atom stereocenters. The summed E-state index contributed by atoms with van der Waals surface area (Å²) in [4.78, 5) is 14.3. The largest absolute Gasteiger partial charge is 0.496 e. The highest BCUT2D eigenvalue weighted by Crippen LogP contribution is 2.55. The number of hydrogen-bond donors (Lipinski definition) is 3. The van der Waals surface area contributed by atoms with Gasteiger partial charge in [0.25, 0.3) is 0 Å². The van der Waals surface area contributed by atoms with Crippen molar-refractivity contribution >= 4 is 17.8 Å². The molecule has 0 aromatic heterocycles. The summed E-state index contributed by atoms with van der Waals surface area (Å²) in [6.07, 6.45) is 7.46. The Bertz CT molecular complexity index is 1780. The predicted molar refractivity (Wildman–Crippen MR) is 200 cm³/mol. The van der Waals surface area contributed by atoms with Crippen molar-refractivity contribution in [3.05, 3.63) is 119 Å². The van der Waals surface area contributed by atoms with Gasteiger partial charge in [-0.05, 0) is 96.2 Å². The summed E-state index contributed by atoms with van der Waals surface area (Å²) in [5.74, 6) is 3.98. The number of aliphatic hydroxyl groups excluding tert-OH is 1. The molecular formula is C43H48N2O5S. The maximum atomic E-state index is 13.2. The zero-order valence-electron chi connectivity index (χ0n) is 29.3. The average Bonchev–Trinajstić information content (AvgIpc) is 3.16. The van der Waals surface area contributed by atoms with Crippen molar-refractivity contribution in [3.8, 4) is 16.9 Å². The lowest BCUT2D eigenvalue weighted by Gasteiger charge is -2.56. The Balaban J connectivity index is 0.953. The third-order valence-electron chi connectivity index (χ3n) is 11.5. The van der Waals surface area contributed by atoms with E-state index < -0.39 is 6.29 Å². The number of aliphatic hydroxyl groups is 1. The van der Waals surface area contributed by atoms with E-state index in [1.807, 2.05) is 54.6 Å². The summed E-state index contributed by atoms with van der Waals surface area (Å²) in [5, 5.41) is 16.2. The first kappa shape index (κ1) is 34.3. The van der Waals surface area contributed by atoms with Crippen molar-refractivity contribution in [1.29, 1.82) is 0 Å². The molecule has 51 heavy (non-hydrogen) atoms. The third kappa shape index (κ3) is 7.70. The molecule has 4 aliphatic carbocycles. The first-order chi connectivity index (χ1) is 25.0. The number of methoxy groups -OCH3 is 1. The Kier molecular flexibility index (Phi) is 10.1. The standard InChI is InChI=1S/C43H48N2O5S/c1-48-38-8-4-5-9-40(38)51-27-36-21-39(33-12-10-28(26-46)11-13-33)50-41(49-36)34-16-14-32(15-17-34)37-7-3-2-6-35(37)25-44-42(47)45-43-22-29-18-30(23-43)20-31(19-29)24-43/h2-17,29-31,36,39,41,46H,18-27H2,1H3,(H2,44,45,47)/t29?,30?,31?,36-,39+,41+,43?/m0/s1. The van der Waals surface area contributed by atoms with Crippen molar-refractivity contribution in [3.63, 3.8) is 0 Å². The summed E-state index contributed by atoms with van der Waals surface area (Å²) < 4.78 is 18.8. The zero-order chi connectivity index (χ0) is 34.8. The summed E-state index contributed by atoms with van der Waals surface area (Å²) in [6, 6.07) is 32.7. The second-order valence-electron chi connectivity index (χ2n) is 15.1. The molecule has 5 aliphatic rings. The number of carbonyl (C=O) groups excluding carboxylic acids is 1. The SMILES string of the molecule is COc1ccccc1SC[C@@H]1C[C@H](c2ccc(CO)cc2)O[C@H](c2ccc(-c3ccccc3CNC(=O)NC34CC5CC(CC(C5)C3)C4)cc2)O1. The molecule has 266 valence electrons. The van der Waals surface area contributed by atoms with Gasteiger partial charge in [0.05, 0.1) is 25.9 Å². The molecule has 4 saturated carbocycles. The number of hydrogen-bond acceptors (Lipinski definition) is 6. The quantitative estimate of drug-likeness (QED) is 0.135. The van der Waals surface area contributed by atoms with E-state index in [1.165, 1.54) is 19.3 Å². The Morgan fingerprint density at radius 3 is 2.20 bits per heavy atom. The average molecular weight is 705 g/mol. The van der Waals surface area contributed by atoms with E-state index in [2.05, 4.69) is 53.1 Å². The van der Waals surface area contributed by atoms with Gasteiger partial charge in [0, 0.05) is 34.7 Å². The molecule has 7 nitrogen and oxygen atoms in total. The van der Waals surface area contributed by atoms with Gasteiger partial charge in [0.15, 0.2) is 6.29 Å². The normalized spacial score (nSPS) is 28.0.